The molecule has 0 aliphatic heterocycles. The normalized spacial score (nSPS) is 15.0. The van der Waals surface area contributed by atoms with Crippen LogP contribution in [0.1, 0.15) is 30.4 Å². The molecule has 4 N–H and O–H groups in total. The highest BCUT2D eigenvalue weighted by Crippen LogP contribution is 2.44. The van der Waals surface area contributed by atoms with Gasteiger partial charge in [-0.2, -0.15) is 0 Å². The van der Waals surface area contributed by atoms with E-state index in [0.29, 0.717) is 0 Å². The number of ether oxygens (including phenoxy) is 2. The molecule has 0 bridgehead atoms. The number of fused-ring (bicyclic) bond motifs is 3. The molecule has 176 valence electrons. The molecule has 2 amide bonds. The number of alkyl carbamates (subject to hydrolysis) is 1. The van der Waals surface area contributed by atoms with E-state index in [-0.39, 0.29) is 25.5 Å². The van der Waals surface area contributed by atoms with Gasteiger partial charge in [0, 0.05) is 26.0 Å². The summed E-state index contributed by atoms with van der Waals surface area (Å²) in [6.45, 7) is 0.896. The first-order chi connectivity index (χ1) is 15.7. The smallest absolute Gasteiger partial charge is 0.407 e. The molecule has 0 saturated carbocycles. The molecule has 9 nitrogen and oxygen atoms in total. The van der Waals surface area contributed by atoms with Crippen LogP contribution in [0.25, 0.3) is 11.1 Å². The highest BCUT2D eigenvalue weighted by atomic mass is 16.5. The van der Waals surface area contributed by atoms with E-state index in [1.807, 2.05) is 36.4 Å². The van der Waals surface area contributed by atoms with Crippen molar-refractivity contribution in [3.05, 3.63) is 59.7 Å². The van der Waals surface area contributed by atoms with Crippen LogP contribution in [-0.2, 0) is 19.1 Å². The zero-order chi connectivity index (χ0) is 24.0. The first-order valence-corrected chi connectivity index (χ1v) is 10.6. The van der Waals surface area contributed by atoms with Crippen molar-refractivity contribution in [3.63, 3.8) is 0 Å². The van der Waals surface area contributed by atoms with Crippen LogP contribution in [0.5, 0.6) is 0 Å². The zero-order valence-corrected chi connectivity index (χ0v) is 18.5. The molecule has 0 saturated heterocycles. The Labute approximate surface area is 191 Å². The Morgan fingerprint density at radius 3 is 2.15 bits per heavy atom. The van der Waals surface area contributed by atoms with Crippen LogP contribution in [0, 0.1) is 0 Å². The number of carbonyl (C=O) groups is 3. The van der Waals surface area contributed by atoms with Gasteiger partial charge in [-0.25, -0.2) is 9.59 Å². The van der Waals surface area contributed by atoms with E-state index in [0.717, 1.165) is 29.2 Å². The van der Waals surface area contributed by atoms with Gasteiger partial charge in [0.1, 0.15) is 12.7 Å². The molecule has 2 aromatic rings. The summed E-state index contributed by atoms with van der Waals surface area (Å²) in [6.07, 6.45) is -1.40. The number of aliphatic carboxylic acids is 1. The second kappa shape index (κ2) is 10.5. The molecule has 0 heterocycles. The lowest BCUT2D eigenvalue weighted by Gasteiger charge is -2.21. The van der Waals surface area contributed by atoms with Crippen molar-refractivity contribution in [2.75, 3.05) is 26.8 Å². The molecule has 0 spiro atoms. The summed E-state index contributed by atoms with van der Waals surface area (Å²) in [7, 11) is 1.33. The Morgan fingerprint density at radius 2 is 1.61 bits per heavy atom. The Hall–Kier alpha value is -3.43. The monoisotopic (exact) mass is 456 g/mol. The lowest BCUT2D eigenvalue weighted by molar-refractivity contribution is -0.156. The highest BCUT2D eigenvalue weighted by Gasteiger charge is 2.32. The van der Waals surface area contributed by atoms with Gasteiger partial charge in [-0.05, 0) is 29.2 Å². The number of carboxylic acid groups (broad SMARTS) is 1. The van der Waals surface area contributed by atoms with E-state index in [1.165, 1.54) is 7.11 Å². The van der Waals surface area contributed by atoms with Crippen LogP contribution in [0.15, 0.2) is 48.5 Å². The molecular weight excluding hydrogens is 428 g/mol. The van der Waals surface area contributed by atoms with Crippen molar-refractivity contribution in [1.29, 1.82) is 0 Å². The number of amides is 2. The largest absolute Gasteiger partial charge is 0.479 e. The number of nitrogens with one attached hydrogen (secondary N) is 2. The molecule has 2 aromatic carbocycles. The predicted molar refractivity (Wildman–Crippen MR) is 120 cm³/mol. The van der Waals surface area contributed by atoms with Gasteiger partial charge in [-0.1, -0.05) is 48.5 Å². The van der Waals surface area contributed by atoms with Crippen molar-refractivity contribution < 1.29 is 34.1 Å². The maximum atomic E-state index is 12.2. The van der Waals surface area contributed by atoms with Crippen molar-refractivity contribution in [2.24, 2.45) is 0 Å². The summed E-state index contributed by atoms with van der Waals surface area (Å²) < 4.78 is 10.6. The number of carboxylic acids is 1. The fourth-order valence-electron chi connectivity index (χ4n) is 3.76. The predicted octanol–water partition coefficient (Wildman–Crippen LogP) is 1.88. The molecule has 33 heavy (non-hydrogen) atoms. The van der Waals surface area contributed by atoms with Crippen LogP contribution in [-0.4, -0.2) is 66.7 Å². The molecule has 0 aromatic heterocycles. The molecule has 3 rings (SSSR count). The van der Waals surface area contributed by atoms with Gasteiger partial charge in [0.2, 0.25) is 5.91 Å². The van der Waals surface area contributed by atoms with Gasteiger partial charge in [0.25, 0.3) is 0 Å². The third kappa shape index (κ3) is 5.68. The molecular formula is C24H28N2O7. The number of hydrogen-bond acceptors (Lipinski definition) is 6. The van der Waals surface area contributed by atoms with Gasteiger partial charge in [0.15, 0.2) is 5.60 Å². The number of carbonyl (C=O) groups excluding carboxylic acids is 2. The number of aliphatic hydroxyl groups is 1. The average molecular weight is 456 g/mol. The summed E-state index contributed by atoms with van der Waals surface area (Å²) in [5.74, 6) is -2.09. The van der Waals surface area contributed by atoms with E-state index in [4.69, 9.17) is 14.6 Å². The summed E-state index contributed by atoms with van der Waals surface area (Å²) >= 11 is 0. The van der Waals surface area contributed by atoms with Gasteiger partial charge in [0.05, 0.1) is 6.54 Å². The average Bonchev–Trinajstić information content (AvgIpc) is 3.12. The first kappa shape index (κ1) is 24.2. The number of benzene rings is 2. The highest BCUT2D eigenvalue weighted by molar-refractivity contribution is 5.83. The molecule has 2 unspecified atom stereocenters. The Balaban J connectivity index is 1.47. The van der Waals surface area contributed by atoms with Crippen LogP contribution in [0.3, 0.4) is 0 Å². The van der Waals surface area contributed by atoms with E-state index in [9.17, 15) is 19.5 Å². The zero-order valence-electron chi connectivity index (χ0n) is 18.5. The van der Waals surface area contributed by atoms with E-state index in [1.54, 1.807) is 0 Å². The third-order valence-electron chi connectivity index (χ3n) is 5.66. The minimum absolute atomic E-state index is 0.0531. The van der Waals surface area contributed by atoms with E-state index >= 15 is 0 Å². The van der Waals surface area contributed by atoms with Crippen LogP contribution in [0.2, 0.25) is 0 Å². The lowest BCUT2D eigenvalue weighted by Crippen LogP contribution is -2.49. The van der Waals surface area contributed by atoms with Crippen LogP contribution in [0.4, 0.5) is 4.79 Å². The maximum Gasteiger partial charge on any atom is 0.407 e. The SMILES string of the molecule is COC(CCNC(=O)OCC1c2ccccc2-c2ccccc21)C(=O)NCC(C)(O)C(=O)O. The van der Waals surface area contributed by atoms with Crippen LogP contribution >= 0.6 is 0 Å². The van der Waals surface area contributed by atoms with E-state index < -0.39 is 36.2 Å². The second-order valence-corrected chi connectivity index (χ2v) is 8.06. The maximum absolute atomic E-state index is 12.2. The first-order valence-electron chi connectivity index (χ1n) is 10.6. The van der Waals surface area contributed by atoms with Crippen molar-refractivity contribution in [3.8, 4) is 11.1 Å². The second-order valence-electron chi connectivity index (χ2n) is 8.06. The molecule has 9 heteroatoms. The summed E-state index contributed by atoms with van der Waals surface area (Å²) in [4.78, 5) is 35.3. The molecule has 2 atom stereocenters. The molecule has 0 radical (unpaired) electrons. The van der Waals surface area contributed by atoms with Crippen molar-refractivity contribution >= 4 is 18.0 Å². The quantitative estimate of drug-likeness (QED) is 0.429. The van der Waals surface area contributed by atoms with Crippen LogP contribution < -0.4 is 10.6 Å². The lowest BCUT2D eigenvalue weighted by atomic mass is 9.98. The molecule has 1 aliphatic carbocycles. The molecule has 1 aliphatic rings. The number of rotatable bonds is 10. The third-order valence-corrected chi connectivity index (χ3v) is 5.66. The summed E-state index contributed by atoms with van der Waals surface area (Å²) in [5, 5.41) is 23.5. The van der Waals surface area contributed by atoms with Gasteiger partial charge in [-0.3, -0.25) is 4.79 Å². The number of methoxy groups -OCH3 is 1. The minimum atomic E-state index is -2.09. The fourth-order valence-corrected chi connectivity index (χ4v) is 3.76. The van der Waals surface area contributed by atoms with Gasteiger partial charge < -0.3 is 30.3 Å². The summed E-state index contributed by atoms with van der Waals surface area (Å²) in [5.41, 5.74) is 2.41. The number of hydrogen-bond donors (Lipinski definition) is 4. The van der Waals surface area contributed by atoms with Crippen molar-refractivity contribution in [2.45, 2.75) is 31.0 Å². The summed E-state index contributed by atoms with van der Waals surface area (Å²) in [6, 6.07) is 16.1. The minimum Gasteiger partial charge on any atom is -0.479 e. The topological polar surface area (TPSA) is 134 Å². The van der Waals surface area contributed by atoms with Crippen molar-refractivity contribution in [1.82, 2.24) is 10.6 Å². The Kier molecular flexibility index (Phi) is 7.67. The van der Waals surface area contributed by atoms with Gasteiger partial charge >= 0.3 is 12.1 Å². The fraction of sp³-hybridized carbons (Fsp3) is 0.375. The van der Waals surface area contributed by atoms with Gasteiger partial charge in [-0.15, -0.1) is 0 Å². The Morgan fingerprint density at radius 1 is 1.03 bits per heavy atom. The molecule has 0 fully saturated rings. The van der Waals surface area contributed by atoms with E-state index in [2.05, 4.69) is 22.8 Å². The standard InChI is InChI=1S/C24H28N2O7/c1-24(31,22(28)29)14-26-21(27)20(32-2)11-12-25-23(30)33-13-19-17-9-5-3-7-15(17)16-8-4-6-10-18(16)19/h3-10,19-20,31H,11-14H2,1-2H3,(H,25,30)(H,26,27)(H,28,29). The Bertz CT molecular complexity index is 976.